The molecule has 5 heteroatoms. The molecule has 1 amide bonds. The fourth-order valence-corrected chi connectivity index (χ4v) is 5.23. The first-order chi connectivity index (χ1) is 13.7. The number of aryl methyl sites for hydroxylation is 1. The number of hydrogen-bond acceptors (Lipinski definition) is 4. The van der Waals surface area contributed by atoms with Gasteiger partial charge in [-0.25, -0.2) is 4.79 Å². The summed E-state index contributed by atoms with van der Waals surface area (Å²) in [5, 5.41) is 3.70. The molecule has 0 aromatic carbocycles. The predicted molar refractivity (Wildman–Crippen MR) is 117 cm³/mol. The number of anilines is 1. The van der Waals surface area contributed by atoms with E-state index in [0.717, 1.165) is 44.1 Å². The first kappa shape index (κ1) is 22.9. The van der Waals surface area contributed by atoms with Crippen molar-refractivity contribution in [3.63, 3.8) is 0 Å². The molecule has 0 radical (unpaired) electrons. The average Bonchev–Trinajstić information content (AvgIpc) is 2.86. The van der Waals surface area contributed by atoms with Gasteiger partial charge >= 0.3 is 5.97 Å². The maximum Gasteiger partial charge on any atom is 0.341 e. The van der Waals surface area contributed by atoms with Gasteiger partial charge in [0.1, 0.15) is 5.00 Å². The first-order valence-electron chi connectivity index (χ1n) is 11.2. The number of fused-ring (bicyclic) bond motifs is 1. The Morgan fingerprint density at radius 2 is 1.57 bits per heavy atom. The molecule has 0 unspecified atom stereocenters. The molecule has 0 fully saturated rings. The van der Waals surface area contributed by atoms with Gasteiger partial charge in [-0.15, -0.1) is 11.3 Å². The van der Waals surface area contributed by atoms with Crippen LogP contribution in [0.1, 0.15) is 111 Å². The smallest absolute Gasteiger partial charge is 0.341 e. The molecule has 28 heavy (non-hydrogen) atoms. The van der Waals surface area contributed by atoms with Crippen molar-refractivity contribution in [1.29, 1.82) is 0 Å². The molecule has 0 bridgehead atoms. The number of esters is 1. The Bertz CT molecular complexity index is 624. The summed E-state index contributed by atoms with van der Waals surface area (Å²) in [7, 11) is 1.41. The highest BCUT2D eigenvalue weighted by atomic mass is 32.1. The number of carbonyl (C=O) groups excluding carboxylic acids is 2. The highest BCUT2D eigenvalue weighted by Gasteiger charge is 2.26. The van der Waals surface area contributed by atoms with Crippen molar-refractivity contribution < 1.29 is 14.3 Å². The molecule has 4 nitrogen and oxygen atoms in total. The summed E-state index contributed by atoms with van der Waals surface area (Å²) in [4.78, 5) is 26.0. The van der Waals surface area contributed by atoms with Crippen molar-refractivity contribution >= 4 is 28.2 Å². The van der Waals surface area contributed by atoms with Crippen LogP contribution in [0.3, 0.4) is 0 Å². The number of nitrogens with one attached hydrogen (secondary N) is 1. The van der Waals surface area contributed by atoms with E-state index in [2.05, 4.69) is 12.2 Å². The Kier molecular flexibility index (Phi) is 10.6. The summed E-state index contributed by atoms with van der Waals surface area (Å²) in [5.74, 6) is -0.303. The van der Waals surface area contributed by atoms with E-state index in [1.165, 1.54) is 63.4 Å². The van der Waals surface area contributed by atoms with Crippen LogP contribution in [0.25, 0.3) is 0 Å². The largest absolute Gasteiger partial charge is 0.465 e. The van der Waals surface area contributed by atoms with Gasteiger partial charge in [-0.1, -0.05) is 64.7 Å². The SMILES string of the molecule is CCCCCCCCCCCC(=O)Nc1sc2c(c1C(=O)OC)CCCCC2. The Morgan fingerprint density at radius 1 is 0.929 bits per heavy atom. The summed E-state index contributed by atoms with van der Waals surface area (Å²) in [6.07, 6.45) is 17.0. The van der Waals surface area contributed by atoms with Crippen LogP contribution in [0.2, 0.25) is 0 Å². The van der Waals surface area contributed by atoms with Crippen LogP contribution in [0.5, 0.6) is 0 Å². The van der Waals surface area contributed by atoms with Gasteiger partial charge in [0.2, 0.25) is 5.91 Å². The third-order valence-corrected chi connectivity index (χ3v) is 6.78. The van der Waals surface area contributed by atoms with Gasteiger partial charge in [-0.05, 0) is 37.7 Å². The molecule has 1 aromatic rings. The predicted octanol–water partition coefficient (Wildman–Crippen LogP) is 6.66. The maximum atomic E-state index is 12.4. The van der Waals surface area contributed by atoms with E-state index in [1.54, 1.807) is 11.3 Å². The first-order valence-corrected chi connectivity index (χ1v) is 12.0. The lowest BCUT2D eigenvalue weighted by atomic mass is 10.1. The minimum Gasteiger partial charge on any atom is -0.465 e. The molecular weight excluding hydrogens is 370 g/mol. The lowest BCUT2D eigenvalue weighted by Gasteiger charge is -2.07. The van der Waals surface area contributed by atoms with Crippen molar-refractivity contribution in [3.05, 3.63) is 16.0 Å². The average molecular weight is 408 g/mol. The fourth-order valence-electron chi connectivity index (χ4n) is 3.93. The summed E-state index contributed by atoms with van der Waals surface area (Å²) in [5.41, 5.74) is 1.71. The van der Waals surface area contributed by atoms with Crippen LogP contribution in [-0.4, -0.2) is 19.0 Å². The van der Waals surface area contributed by atoms with E-state index in [9.17, 15) is 9.59 Å². The van der Waals surface area contributed by atoms with Crippen LogP contribution < -0.4 is 5.32 Å². The lowest BCUT2D eigenvalue weighted by molar-refractivity contribution is -0.116. The van der Waals surface area contributed by atoms with E-state index in [0.29, 0.717) is 17.0 Å². The molecule has 0 aliphatic heterocycles. The van der Waals surface area contributed by atoms with Gasteiger partial charge < -0.3 is 10.1 Å². The zero-order chi connectivity index (χ0) is 20.2. The molecular formula is C23H37NO3S. The third-order valence-electron chi connectivity index (χ3n) is 5.57. The van der Waals surface area contributed by atoms with Crippen LogP contribution in [0.15, 0.2) is 0 Å². The topological polar surface area (TPSA) is 55.4 Å². The van der Waals surface area contributed by atoms with Gasteiger partial charge in [0.15, 0.2) is 0 Å². The number of carbonyl (C=O) groups is 2. The third kappa shape index (κ3) is 7.23. The summed E-state index contributed by atoms with van der Waals surface area (Å²) in [6, 6.07) is 0. The molecule has 1 aliphatic rings. The second-order valence-electron chi connectivity index (χ2n) is 7.89. The van der Waals surface area contributed by atoms with Crippen molar-refractivity contribution in [2.24, 2.45) is 0 Å². The van der Waals surface area contributed by atoms with Crippen molar-refractivity contribution in [3.8, 4) is 0 Å². The number of unbranched alkanes of at least 4 members (excludes halogenated alkanes) is 8. The normalized spacial score (nSPS) is 13.6. The monoisotopic (exact) mass is 407 g/mol. The minimum absolute atomic E-state index is 0.0181. The zero-order valence-electron chi connectivity index (χ0n) is 17.7. The minimum atomic E-state index is -0.322. The number of ether oxygens (including phenoxy) is 1. The van der Waals surface area contributed by atoms with E-state index in [-0.39, 0.29) is 11.9 Å². The van der Waals surface area contributed by atoms with Crippen molar-refractivity contribution in [2.45, 2.75) is 103 Å². The number of methoxy groups -OCH3 is 1. The van der Waals surface area contributed by atoms with Gasteiger partial charge in [0.05, 0.1) is 12.7 Å². The van der Waals surface area contributed by atoms with Crippen LogP contribution >= 0.6 is 11.3 Å². The van der Waals surface area contributed by atoms with Crippen LogP contribution in [0, 0.1) is 0 Å². The zero-order valence-corrected chi connectivity index (χ0v) is 18.6. The molecule has 1 N–H and O–H groups in total. The van der Waals surface area contributed by atoms with E-state index < -0.39 is 0 Å². The lowest BCUT2D eigenvalue weighted by Crippen LogP contribution is -2.14. The van der Waals surface area contributed by atoms with Crippen LogP contribution in [-0.2, 0) is 22.4 Å². The summed E-state index contributed by atoms with van der Waals surface area (Å²) < 4.78 is 5.00. The van der Waals surface area contributed by atoms with Gasteiger partial charge in [-0.2, -0.15) is 0 Å². The molecule has 2 rings (SSSR count). The Morgan fingerprint density at radius 3 is 2.25 bits per heavy atom. The van der Waals surface area contributed by atoms with Crippen molar-refractivity contribution in [1.82, 2.24) is 0 Å². The van der Waals surface area contributed by atoms with Crippen molar-refractivity contribution in [2.75, 3.05) is 12.4 Å². The Balaban J connectivity index is 1.78. The highest BCUT2D eigenvalue weighted by Crippen LogP contribution is 2.38. The molecule has 0 spiro atoms. The van der Waals surface area contributed by atoms with Crippen LogP contribution in [0.4, 0.5) is 5.00 Å². The Hall–Kier alpha value is -1.36. The second kappa shape index (κ2) is 13.0. The number of hydrogen-bond donors (Lipinski definition) is 1. The molecule has 1 aromatic heterocycles. The maximum absolute atomic E-state index is 12.4. The van der Waals surface area contributed by atoms with Gasteiger partial charge in [-0.3, -0.25) is 4.79 Å². The Labute approximate surface area is 174 Å². The quantitative estimate of drug-likeness (QED) is 0.239. The molecule has 0 saturated heterocycles. The molecule has 158 valence electrons. The standard InChI is InChI=1S/C23H37NO3S/c1-3-4-5-6-7-8-9-10-14-17-20(25)24-22-21(23(26)27-2)18-15-12-11-13-16-19(18)28-22/h3-17H2,1-2H3,(H,24,25). The van der Waals surface area contributed by atoms with E-state index in [4.69, 9.17) is 4.74 Å². The summed E-state index contributed by atoms with van der Waals surface area (Å²) >= 11 is 1.57. The molecule has 1 heterocycles. The second-order valence-corrected chi connectivity index (χ2v) is 8.99. The fraction of sp³-hybridized carbons (Fsp3) is 0.739. The van der Waals surface area contributed by atoms with Gasteiger partial charge in [0.25, 0.3) is 0 Å². The highest BCUT2D eigenvalue weighted by molar-refractivity contribution is 7.17. The van der Waals surface area contributed by atoms with E-state index in [1.807, 2.05) is 0 Å². The summed E-state index contributed by atoms with van der Waals surface area (Å²) in [6.45, 7) is 2.24. The number of rotatable bonds is 12. The van der Waals surface area contributed by atoms with Gasteiger partial charge in [0, 0.05) is 11.3 Å². The molecule has 0 atom stereocenters. The molecule has 0 saturated carbocycles. The number of amides is 1. The van der Waals surface area contributed by atoms with E-state index >= 15 is 0 Å². The molecule has 1 aliphatic carbocycles. The number of thiophene rings is 1.